The van der Waals surface area contributed by atoms with E-state index in [0.29, 0.717) is 0 Å². The van der Waals surface area contributed by atoms with Crippen molar-refractivity contribution in [3.63, 3.8) is 0 Å². The van der Waals surface area contributed by atoms with Crippen LogP contribution in [0.25, 0.3) is 108 Å². The maximum Gasteiger partial charge on any atom is 0.0964 e. The first-order valence-electron chi connectivity index (χ1n) is 17.8. The van der Waals surface area contributed by atoms with Crippen LogP contribution in [0.3, 0.4) is 0 Å². The maximum atomic E-state index is 5.20. The molecule has 0 aliphatic heterocycles. The lowest BCUT2D eigenvalue weighted by atomic mass is 9.92. The Morgan fingerprint density at radius 3 is 1.96 bits per heavy atom. The highest BCUT2D eigenvalue weighted by Gasteiger charge is 2.16. The molecule has 11 aromatic rings. The Balaban J connectivity index is 1.15. The summed E-state index contributed by atoms with van der Waals surface area (Å²) in [5, 5.41) is 9.62. The van der Waals surface area contributed by atoms with Crippen LogP contribution >= 0.6 is 11.3 Å². The van der Waals surface area contributed by atoms with E-state index in [0.717, 1.165) is 66.3 Å². The Morgan fingerprint density at radius 1 is 0.358 bits per heavy atom. The van der Waals surface area contributed by atoms with Crippen LogP contribution in [0, 0.1) is 0 Å². The predicted molar refractivity (Wildman–Crippen MR) is 224 cm³/mol. The third-order valence-corrected chi connectivity index (χ3v) is 11.7. The molecule has 0 amide bonds. The molecule has 0 bridgehead atoms. The normalized spacial score (nSPS) is 11.8. The van der Waals surface area contributed by atoms with Crippen LogP contribution in [0.2, 0.25) is 0 Å². The molecule has 3 nitrogen and oxygen atoms in total. The fourth-order valence-corrected chi connectivity index (χ4v) is 9.09. The quantitative estimate of drug-likeness (QED) is 0.172. The third-order valence-electron chi connectivity index (χ3n) is 10.5. The summed E-state index contributed by atoms with van der Waals surface area (Å²) in [6.07, 6.45) is 5.86. The van der Waals surface area contributed by atoms with Gasteiger partial charge in [-0.25, -0.2) is 0 Å². The van der Waals surface area contributed by atoms with Gasteiger partial charge in [0, 0.05) is 71.6 Å². The van der Waals surface area contributed by atoms with Gasteiger partial charge in [0.1, 0.15) is 0 Å². The van der Waals surface area contributed by atoms with Gasteiger partial charge >= 0.3 is 0 Å². The largest absolute Gasteiger partial charge is 0.255 e. The third kappa shape index (κ3) is 4.91. The standard InChI is InChI=1S/C49H29N3S/c1-2-9-30(10-3-1)43-29-52-47(41-15-7-6-14-40(41)43)37-25-35(24-36(26-37)38-23-34-17-16-32-12-8-22-50-48(32)49(34)51-28-38)33-19-20-44-42(27-33)46-39-13-5-4-11-31(39)18-21-45(46)53-44/h1-29H. The van der Waals surface area contributed by atoms with Crippen LogP contribution in [0.15, 0.2) is 176 Å². The molecule has 0 fully saturated rings. The molecule has 0 saturated heterocycles. The van der Waals surface area contributed by atoms with E-state index in [1.165, 1.54) is 41.9 Å². The zero-order valence-electron chi connectivity index (χ0n) is 28.5. The molecule has 246 valence electrons. The van der Waals surface area contributed by atoms with Gasteiger partial charge in [0.25, 0.3) is 0 Å². The van der Waals surface area contributed by atoms with Crippen molar-refractivity contribution in [1.29, 1.82) is 0 Å². The summed E-state index contributed by atoms with van der Waals surface area (Å²) in [6.45, 7) is 0. The zero-order chi connectivity index (χ0) is 34.9. The van der Waals surface area contributed by atoms with Gasteiger partial charge in [-0.15, -0.1) is 11.3 Å². The molecule has 0 aliphatic carbocycles. The Hall–Kier alpha value is -6.75. The monoisotopic (exact) mass is 691 g/mol. The van der Waals surface area contributed by atoms with Crippen molar-refractivity contribution >= 4 is 74.9 Å². The highest BCUT2D eigenvalue weighted by Crippen LogP contribution is 2.42. The smallest absolute Gasteiger partial charge is 0.0964 e. The summed E-state index contributed by atoms with van der Waals surface area (Å²) in [5.41, 5.74) is 10.6. The summed E-state index contributed by atoms with van der Waals surface area (Å²) in [5.74, 6) is 0. The van der Waals surface area contributed by atoms with Crippen LogP contribution in [-0.2, 0) is 0 Å². The molecule has 11 rings (SSSR count). The van der Waals surface area contributed by atoms with Crippen LogP contribution in [0.5, 0.6) is 0 Å². The zero-order valence-corrected chi connectivity index (χ0v) is 29.3. The first-order valence-corrected chi connectivity index (χ1v) is 18.6. The maximum absolute atomic E-state index is 5.20. The van der Waals surface area contributed by atoms with Gasteiger partial charge in [-0.05, 0) is 86.9 Å². The van der Waals surface area contributed by atoms with Gasteiger partial charge in [-0.3, -0.25) is 15.0 Å². The van der Waals surface area contributed by atoms with Crippen LogP contribution in [0.4, 0.5) is 0 Å². The lowest BCUT2D eigenvalue weighted by molar-refractivity contribution is 1.35. The number of hydrogen-bond donors (Lipinski definition) is 0. The first kappa shape index (κ1) is 29.9. The van der Waals surface area contributed by atoms with Crippen molar-refractivity contribution in [2.45, 2.75) is 0 Å². The summed E-state index contributed by atoms with van der Waals surface area (Å²) < 4.78 is 2.60. The van der Waals surface area contributed by atoms with Gasteiger partial charge in [0.15, 0.2) is 0 Å². The average Bonchev–Trinajstić information content (AvgIpc) is 3.62. The average molecular weight is 692 g/mol. The molecule has 7 aromatic carbocycles. The molecule has 53 heavy (non-hydrogen) atoms. The molecule has 0 aliphatic rings. The van der Waals surface area contributed by atoms with Crippen molar-refractivity contribution in [2.75, 3.05) is 0 Å². The molecule has 4 heteroatoms. The minimum Gasteiger partial charge on any atom is -0.255 e. The van der Waals surface area contributed by atoms with E-state index in [2.05, 4.69) is 157 Å². The van der Waals surface area contributed by atoms with Crippen molar-refractivity contribution < 1.29 is 0 Å². The number of aromatic nitrogens is 3. The minimum atomic E-state index is 0.911. The van der Waals surface area contributed by atoms with Crippen LogP contribution < -0.4 is 0 Å². The number of nitrogens with zero attached hydrogens (tertiary/aromatic N) is 3. The van der Waals surface area contributed by atoms with E-state index in [9.17, 15) is 0 Å². The fourth-order valence-electron chi connectivity index (χ4n) is 7.99. The number of thiophene rings is 1. The summed E-state index contributed by atoms with van der Waals surface area (Å²) in [4.78, 5) is 14.9. The summed E-state index contributed by atoms with van der Waals surface area (Å²) >= 11 is 1.86. The molecular formula is C49H29N3S. The van der Waals surface area contributed by atoms with Gasteiger partial charge in [-0.2, -0.15) is 0 Å². The fraction of sp³-hybridized carbons (Fsp3) is 0. The van der Waals surface area contributed by atoms with Crippen LogP contribution in [0.1, 0.15) is 0 Å². The Bertz CT molecular complexity index is 3240. The predicted octanol–water partition coefficient (Wildman–Crippen LogP) is 13.5. The number of benzene rings is 7. The summed E-state index contributed by atoms with van der Waals surface area (Å²) in [6, 6.07) is 56.8. The summed E-state index contributed by atoms with van der Waals surface area (Å²) in [7, 11) is 0. The lowest BCUT2D eigenvalue weighted by Gasteiger charge is -2.15. The Labute approximate surface area is 309 Å². The van der Waals surface area contributed by atoms with Crippen molar-refractivity contribution in [3.05, 3.63) is 176 Å². The van der Waals surface area contributed by atoms with Gasteiger partial charge in [-0.1, -0.05) is 109 Å². The Morgan fingerprint density at radius 2 is 1.06 bits per heavy atom. The van der Waals surface area contributed by atoms with E-state index >= 15 is 0 Å². The number of fused-ring (bicyclic) bond motifs is 9. The van der Waals surface area contributed by atoms with Gasteiger partial charge < -0.3 is 0 Å². The lowest BCUT2D eigenvalue weighted by Crippen LogP contribution is -1.93. The molecule has 0 atom stereocenters. The molecule has 0 spiro atoms. The minimum absolute atomic E-state index is 0.911. The number of rotatable bonds is 4. The molecule has 0 unspecified atom stereocenters. The second kappa shape index (κ2) is 11.9. The molecule has 0 saturated carbocycles. The van der Waals surface area contributed by atoms with Gasteiger partial charge in [0.2, 0.25) is 0 Å². The molecule has 4 heterocycles. The Kier molecular flexibility index (Phi) is 6.73. The molecule has 4 aromatic heterocycles. The number of pyridine rings is 3. The molecule has 0 radical (unpaired) electrons. The van der Waals surface area contributed by atoms with E-state index in [-0.39, 0.29) is 0 Å². The van der Waals surface area contributed by atoms with Crippen LogP contribution in [-0.4, -0.2) is 15.0 Å². The second-order valence-electron chi connectivity index (χ2n) is 13.6. The second-order valence-corrected chi connectivity index (χ2v) is 14.7. The van der Waals surface area contributed by atoms with E-state index in [1.54, 1.807) is 0 Å². The highest BCUT2D eigenvalue weighted by molar-refractivity contribution is 7.26. The first-order chi connectivity index (χ1) is 26.2. The SMILES string of the molecule is c1ccc(-c2cnc(-c3cc(-c4cnc5c(ccc6cccnc65)c4)cc(-c4ccc5sc6ccc7ccccc7c6c5c4)c3)c3ccccc23)cc1. The van der Waals surface area contributed by atoms with Crippen molar-refractivity contribution in [2.24, 2.45) is 0 Å². The molecular weight excluding hydrogens is 663 g/mol. The van der Waals surface area contributed by atoms with Gasteiger partial charge in [0.05, 0.1) is 16.7 Å². The number of hydrogen-bond acceptors (Lipinski definition) is 4. The molecule has 0 N–H and O–H groups in total. The van der Waals surface area contributed by atoms with E-state index in [4.69, 9.17) is 9.97 Å². The highest BCUT2D eigenvalue weighted by atomic mass is 32.1. The topological polar surface area (TPSA) is 38.7 Å². The van der Waals surface area contributed by atoms with E-state index in [1.807, 2.05) is 36.0 Å². The van der Waals surface area contributed by atoms with E-state index < -0.39 is 0 Å². The van der Waals surface area contributed by atoms with Crippen molar-refractivity contribution in [1.82, 2.24) is 15.0 Å². The van der Waals surface area contributed by atoms with Crippen molar-refractivity contribution in [3.8, 4) is 44.6 Å².